The van der Waals surface area contributed by atoms with Gasteiger partial charge in [-0.3, -0.25) is 10.1 Å². The van der Waals surface area contributed by atoms with Gasteiger partial charge in [-0.25, -0.2) is 0 Å². The molecule has 0 aliphatic heterocycles. The molecule has 3 N–H and O–H groups in total. The van der Waals surface area contributed by atoms with Gasteiger partial charge in [0.1, 0.15) is 10.7 Å². The van der Waals surface area contributed by atoms with Crippen LogP contribution in [-0.2, 0) is 0 Å². The van der Waals surface area contributed by atoms with E-state index < -0.39 is 4.92 Å². The number of hydrogen-bond donors (Lipinski definition) is 2. The molecule has 18 heavy (non-hydrogen) atoms. The van der Waals surface area contributed by atoms with E-state index in [1.54, 1.807) is 12.1 Å². The molecule has 1 rings (SSSR count). The summed E-state index contributed by atoms with van der Waals surface area (Å²) >= 11 is 5.84. The highest BCUT2D eigenvalue weighted by atomic mass is 35.5. The third-order valence-corrected chi connectivity index (χ3v) is 3.02. The first-order valence-electron chi connectivity index (χ1n) is 5.99. The average molecular weight is 272 g/mol. The van der Waals surface area contributed by atoms with E-state index in [1.807, 2.05) is 0 Å². The molecular formula is C12H18ClN3O2. The van der Waals surface area contributed by atoms with Crippen LogP contribution in [-0.4, -0.2) is 17.5 Å². The Morgan fingerprint density at radius 1 is 1.56 bits per heavy atom. The zero-order valence-corrected chi connectivity index (χ0v) is 11.1. The second-order valence-corrected chi connectivity index (χ2v) is 4.52. The van der Waals surface area contributed by atoms with E-state index in [1.165, 1.54) is 6.07 Å². The first-order chi connectivity index (χ1) is 8.60. The first-order valence-corrected chi connectivity index (χ1v) is 6.37. The van der Waals surface area contributed by atoms with Crippen molar-refractivity contribution in [2.75, 3.05) is 11.9 Å². The lowest BCUT2D eigenvalue weighted by Crippen LogP contribution is -2.29. The van der Waals surface area contributed by atoms with Gasteiger partial charge in [-0.2, -0.15) is 0 Å². The van der Waals surface area contributed by atoms with Crippen LogP contribution < -0.4 is 11.1 Å². The van der Waals surface area contributed by atoms with Gasteiger partial charge in [0.05, 0.1) is 4.92 Å². The lowest BCUT2D eigenvalue weighted by Gasteiger charge is -2.17. The first kappa shape index (κ1) is 14.7. The molecule has 100 valence electrons. The monoisotopic (exact) mass is 271 g/mol. The summed E-state index contributed by atoms with van der Waals surface area (Å²) < 4.78 is 0. The molecule has 0 spiro atoms. The highest BCUT2D eigenvalue weighted by Crippen LogP contribution is 2.32. The van der Waals surface area contributed by atoms with E-state index >= 15 is 0 Å². The fourth-order valence-corrected chi connectivity index (χ4v) is 1.98. The molecule has 0 fully saturated rings. The molecule has 0 bridgehead atoms. The van der Waals surface area contributed by atoms with Crippen LogP contribution in [0.15, 0.2) is 18.2 Å². The number of halogens is 1. The summed E-state index contributed by atoms with van der Waals surface area (Å²) in [5.41, 5.74) is 6.00. The van der Waals surface area contributed by atoms with Gasteiger partial charge in [-0.05, 0) is 18.6 Å². The summed E-state index contributed by atoms with van der Waals surface area (Å²) in [6.07, 6.45) is 2.98. The highest BCUT2D eigenvalue weighted by molar-refractivity contribution is 6.33. The van der Waals surface area contributed by atoms with Crippen LogP contribution in [0.4, 0.5) is 11.4 Å². The zero-order valence-electron chi connectivity index (χ0n) is 10.4. The Kier molecular flexibility index (Phi) is 5.88. The van der Waals surface area contributed by atoms with Crippen LogP contribution in [0.3, 0.4) is 0 Å². The summed E-state index contributed by atoms with van der Waals surface area (Å²) in [4.78, 5) is 10.5. The van der Waals surface area contributed by atoms with Crippen molar-refractivity contribution in [3.63, 3.8) is 0 Å². The molecule has 0 amide bonds. The van der Waals surface area contributed by atoms with E-state index in [9.17, 15) is 10.1 Å². The van der Waals surface area contributed by atoms with Crippen LogP contribution in [0.5, 0.6) is 0 Å². The number of unbranched alkanes of at least 4 members (excludes halogenated alkanes) is 1. The number of rotatable bonds is 7. The minimum atomic E-state index is -0.474. The molecule has 6 heteroatoms. The molecule has 0 aliphatic carbocycles. The zero-order chi connectivity index (χ0) is 13.5. The molecule has 0 saturated carbocycles. The molecule has 1 unspecified atom stereocenters. The van der Waals surface area contributed by atoms with Crippen molar-refractivity contribution in [2.45, 2.75) is 32.2 Å². The molecule has 0 radical (unpaired) electrons. The Bertz CT molecular complexity index is 412. The van der Waals surface area contributed by atoms with Crippen LogP contribution in [0.1, 0.15) is 26.2 Å². The topological polar surface area (TPSA) is 81.2 Å². The van der Waals surface area contributed by atoms with Crippen LogP contribution in [0.25, 0.3) is 0 Å². The van der Waals surface area contributed by atoms with Crippen LogP contribution >= 0.6 is 11.6 Å². The number of nitro benzene ring substituents is 1. The number of nitrogens with one attached hydrogen (secondary N) is 1. The van der Waals surface area contributed by atoms with Crippen molar-refractivity contribution in [3.05, 3.63) is 33.3 Å². The van der Waals surface area contributed by atoms with Gasteiger partial charge in [-0.15, -0.1) is 0 Å². The molecular weight excluding hydrogens is 254 g/mol. The Morgan fingerprint density at radius 2 is 2.28 bits per heavy atom. The third-order valence-electron chi connectivity index (χ3n) is 2.72. The summed E-state index contributed by atoms with van der Waals surface area (Å²) in [5.74, 6) is 0. The van der Waals surface area contributed by atoms with E-state index in [4.69, 9.17) is 17.3 Å². The smallest absolute Gasteiger partial charge is 0.310 e. The fourth-order valence-electron chi connectivity index (χ4n) is 1.74. The van der Waals surface area contributed by atoms with Crippen molar-refractivity contribution in [2.24, 2.45) is 5.73 Å². The molecule has 1 aromatic rings. The van der Waals surface area contributed by atoms with E-state index in [-0.39, 0.29) is 16.8 Å². The van der Waals surface area contributed by atoms with Crippen molar-refractivity contribution in [3.8, 4) is 0 Å². The maximum atomic E-state index is 11.0. The van der Waals surface area contributed by atoms with Crippen molar-refractivity contribution < 1.29 is 4.92 Å². The maximum absolute atomic E-state index is 11.0. The molecule has 1 atom stereocenters. The number of hydrogen-bond acceptors (Lipinski definition) is 4. The van der Waals surface area contributed by atoms with Crippen molar-refractivity contribution >= 4 is 23.0 Å². The Balaban J connectivity index is 2.88. The number of anilines is 1. The summed E-state index contributed by atoms with van der Waals surface area (Å²) in [7, 11) is 0. The number of nitrogens with two attached hydrogens (primary N) is 1. The van der Waals surface area contributed by atoms with Gasteiger partial charge >= 0.3 is 5.69 Å². The predicted octanol–water partition coefficient (Wildman–Crippen LogP) is 3.18. The Labute approximate surface area is 111 Å². The number of nitro groups is 1. The SMILES string of the molecule is CCCCC(CN)Nc1cccc(Cl)c1[N+](=O)[O-]. The van der Waals surface area contributed by atoms with E-state index in [2.05, 4.69) is 12.2 Å². The second-order valence-electron chi connectivity index (χ2n) is 4.11. The summed E-state index contributed by atoms with van der Waals surface area (Å²) in [6.45, 7) is 2.53. The quantitative estimate of drug-likeness (QED) is 0.589. The van der Waals surface area contributed by atoms with Crippen molar-refractivity contribution in [1.29, 1.82) is 0 Å². The molecule has 1 aromatic carbocycles. The normalized spacial score (nSPS) is 12.2. The Morgan fingerprint density at radius 3 is 2.83 bits per heavy atom. The summed E-state index contributed by atoms with van der Waals surface area (Å²) in [6, 6.07) is 4.88. The lowest BCUT2D eigenvalue weighted by atomic mass is 10.1. The van der Waals surface area contributed by atoms with Crippen LogP contribution in [0.2, 0.25) is 5.02 Å². The standard InChI is InChI=1S/C12H18ClN3O2/c1-2-3-5-9(8-14)15-11-7-4-6-10(13)12(11)16(17)18/h4,6-7,9,15H,2-3,5,8,14H2,1H3. The summed E-state index contributed by atoms with van der Waals surface area (Å²) in [5, 5.41) is 14.2. The third kappa shape index (κ3) is 3.85. The Hall–Kier alpha value is -1.33. The maximum Gasteiger partial charge on any atom is 0.310 e. The van der Waals surface area contributed by atoms with Gasteiger partial charge in [0.25, 0.3) is 0 Å². The number of para-hydroxylation sites is 1. The predicted molar refractivity (Wildman–Crippen MR) is 74.1 cm³/mol. The molecule has 0 saturated heterocycles. The molecule has 0 heterocycles. The largest absolute Gasteiger partial charge is 0.375 e. The van der Waals surface area contributed by atoms with Gasteiger partial charge in [0.15, 0.2) is 0 Å². The minimum absolute atomic E-state index is 0.0297. The molecule has 0 aromatic heterocycles. The van der Waals surface area contributed by atoms with E-state index in [0.717, 1.165) is 19.3 Å². The van der Waals surface area contributed by atoms with Crippen molar-refractivity contribution in [1.82, 2.24) is 0 Å². The van der Waals surface area contributed by atoms with Gasteiger partial charge < -0.3 is 11.1 Å². The second kappa shape index (κ2) is 7.18. The van der Waals surface area contributed by atoms with Gasteiger partial charge in [0.2, 0.25) is 0 Å². The number of nitrogens with zero attached hydrogens (tertiary/aromatic N) is 1. The lowest BCUT2D eigenvalue weighted by molar-refractivity contribution is -0.383. The highest BCUT2D eigenvalue weighted by Gasteiger charge is 2.20. The van der Waals surface area contributed by atoms with Gasteiger partial charge in [0, 0.05) is 12.6 Å². The van der Waals surface area contributed by atoms with Gasteiger partial charge in [-0.1, -0.05) is 37.4 Å². The number of benzene rings is 1. The molecule has 0 aliphatic rings. The fraction of sp³-hybridized carbons (Fsp3) is 0.500. The minimum Gasteiger partial charge on any atom is -0.375 e. The van der Waals surface area contributed by atoms with Crippen LogP contribution in [0, 0.1) is 10.1 Å². The average Bonchev–Trinajstić information content (AvgIpc) is 2.33. The van der Waals surface area contributed by atoms with E-state index in [0.29, 0.717) is 12.2 Å². The molecule has 5 nitrogen and oxygen atoms in total.